The predicted molar refractivity (Wildman–Crippen MR) is 120 cm³/mol. The van der Waals surface area contributed by atoms with Gasteiger partial charge in [0.25, 0.3) is 5.56 Å². The van der Waals surface area contributed by atoms with Crippen LogP contribution in [0.2, 0.25) is 0 Å². The largest absolute Gasteiger partial charge is 0.465 e. The smallest absolute Gasteiger partial charge is 0.343 e. The Labute approximate surface area is 186 Å². The summed E-state index contributed by atoms with van der Waals surface area (Å²) >= 11 is 0. The van der Waals surface area contributed by atoms with E-state index in [2.05, 4.69) is 15.0 Å². The van der Waals surface area contributed by atoms with Crippen molar-refractivity contribution in [1.29, 1.82) is 0 Å². The quantitative estimate of drug-likeness (QED) is 0.715. The summed E-state index contributed by atoms with van der Waals surface area (Å²) in [4.78, 5) is 54.7. The monoisotopic (exact) mass is 437 g/mol. The maximum atomic E-state index is 13.6. The Hall–Kier alpha value is -3.42. The van der Waals surface area contributed by atoms with Crippen molar-refractivity contribution < 1.29 is 19.1 Å². The molecule has 1 saturated carbocycles. The lowest BCUT2D eigenvalue weighted by Crippen LogP contribution is -2.46. The lowest BCUT2D eigenvalue weighted by atomic mass is 9.77. The van der Waals surface area contributed by atoms with Crippen LogP contribution in [-0.2, 0) is 20.7 Å². The number of anilines is 2. The second kappa shape index (κ2) is 8.98. The molecule has 2 amide bonds. The summed E-state index contributed by atoms with van der Waals surface area (Å²) in [5.74, 6) is -1.98. The molecule has 3 atom stereocenters. The number of H-pyrrole nitrogens is 1. The maximum absolute atomic E-state index is 13.6. The SMILES string of the molecule is COC(=O)c1cc(NC(=O)C2CCCCC2C(=O)N2c3ccccc3CC2C)c[nH]c1=O. The average molecular weight is 437 g/mol. The molecule has 3 unspecified atom stereocenters. The lowest BCUT2D eigenvalue weighted by Gasteiger charge is -2.34. The molecule has 1 aliphatic carbocycles. The van der Waals surface area contributed by atoms with E-state index in [0.29, 0.717) is 12.8 Å². The number of nitrogens with zero attached hydrogens (tertiary/aromatic N) is 1. The Morgan fingerprint density at radius 2 is 1.84 bits per heavy atom. The van der Waals surface area contributed by atoms with Gasteiger partial charge in [0, 0.05) is 23.8 Å². The highest BCUT2D eigenvalue weighted by Gasteiger charge is 2.41. The fourth-order valence-corrected chi connectivity index (χ4v) is 4.87. The molecule has 1 aromatic heterocycles. The molecule has 0 radical (unpaired) electrons. The molecule has 2 aliphatic rings. The molecule has 2 N–H and O–H groups in total. The normalized spacial score (nSPS) is 22.2. The minimum atomic E-state index is -0.783. The van der Waals surface area contributed by atoms with E-state index in [1.54, 1.807) is 0 Å². The number of amides is 2. The third-order valence-corrected chi connectivity index (χ3v) is 6.44. The summed E-state index contributed by atoms with van der Waals surface area (Å²) in [5.41, 5.74) is 1.57. The standard InChI is InChI=1S/C24H27N3O5/c1-14-11-15-7-3-6-10-20(15)27(14)23(30)18-9-5-4-8-17(18)22(29)26-16-12-19(24(31)32-2)21(28)25-13-16/h3,6-7,10,12-14,17-18H,4-5,8-9,11H2,1-2H3,(H,25,28)(H,26,29). The Balaban J connectivity index is 1.55. The third kappa shape index (κ3) is 4.04. The number of esters is 1. The van der Waals surface area contributed by atoms with Gasteiger partial charge in [0.05, 0.1) is 18.7 Å². The summed E-state index contributed by atoms with van der Waals surface area (Å²) in [6, 6.07) is 9.25. The van der Waals surface area contributed by atoms with E-state index in [4.69, 9.17) is 0 Å². The first-order chi connectivity index (χ1) is 15.4. The van der Waals surface area contributed by atoms with Gasteiger partial charge in [-0.1, -0.05) is 31.0 Å². The highest BCUT2D eigenvalue weighted by atomic mass is 16.5. The molecule has 168 valence electrons. The number of carbonyl (C=O) groups is 3. The van der Waals surface area contributed by atoms with E-state index in [0.717, 1.165) is 30.5 Å². The van der Waals surface area contributed by atoms with Crippen molar-refractivity contribution in [3.05, 3.63) is 58.0 Å². The first-order valence-electron chi connectivity index (χ1n) is 10.9. The van der Waals surface area contributed by atoms with Crippen LogP contribution in [0.5, 0.6) is 0 Å². The van der Waals surface area contributed by atoms with Crippen molar-refractivity contribution in [2.75, 3.05) is 17.3 Å². The summed E-state index contributed by atoms with van der Waals surface area (Å²) in [7, 11) is 1.18. The van der Waals surface area contributed by atoms with E-state index >= 15 is 0 Å². The van der Waals surface area contributed by atoms with Crippen LogP contribution in [0.25, 0.3) is 0 Å². The zero-order chi connectivity index (χ0) is 22.8. The number of nitrogens with one attached hydrogen (secondary N) is 2. The number of fused-ring (bicyclic) bond motifs is 1. The Kier molecular flexibility index (Phi) is 6.12. The van der Waals surface area contributed by atoms with E-state index < -0.39 is 23.4 Å². The summed E-state index contributed by atoms with van der Waals surface area (Å²) < 4.78 is 4.62. The van der Waals surface area contributed by atoms with Crippen molar-refractivity contribution in [3.63, 3.8) is 0 Å². The zero-order valence-electron chi connectivity index (χ0n) is 18.2. The van der Waals surface area contributed by atoms with Gasteiger partial charge in [-0.2, -0.15) is 0 Å². The molecule has 8 nitrogen and oxygen atoms in total. The van der Waals surface area contributed by atoms with Crippen LogP contribution in [0.4, 0.5) is 11.4 Å². The summed E-state index contributed by atoms with van der Waals surface area (Å²) in [6.07, 6.45) is 5.17. The Morgan fingerprint density at radius 1 is 1.12 bits per heavy atom. The number of methoxy groups -OCH3 is 1. The van der Waals surface area contributed by atoms with Crippen molar-refractivity contribution in [1.82, 2.24) is 4.98 Å². The number of aromatic amines is 1. The summed E-state index contributed by atoms with van der Waals surface area (Å²) in [6.45, 7) is 2.03. The molecule has 1 aromatic carbocycles. The van der Waals surface area contributed by atoms with Gasteiger partial charge < -0.3 is 19.9 Å². The van der Waals surface area contributed by atoms with Crippen LogP contribution in [0.15, 0.2) is 41.3 Å². The molecule has 32 heavy (non-hydrogen) atoms. The number of rotatable bonds is 4. The Morgan fingerprint density at radius 3 is 2.59 bits per heavy atom. The number of hydrogen-bond acceptors (Lipinski definition) is 5. The van der Waals surface area contributed by atoms with Crippen molar-refractivity contribution in [2.24, 2.45) is 11.8 Å². The molecule has 4 rings (SSSR count). The maximum Gasteiger partial charge on any atom is 0.343 e. The highest BCUT2D eigenvalue weighted by Crippen LogP contribution is 2.38. The molecular weight excluding hydrogens is 410 g/mol. The molecule has 1 aliphatic heterocycles. The van der Waals surface area contributed by atoms with Gasteiger partial charge in [-0.05, 0) is 43.9 Å². The minimum absolute atomic E-state index is 0.0148. The fraction of sp³-hybridized carbons (Fsp3) is 0.417. The average Bonchev–Trinajstić information content (AvgIpc) is 3.14. The molecule has 8 heteroatoms. The minimum Gasteiger partial charge on any atom is -0.465 e. The van der Waals surface area contributed by atoms with Gasteiger partial charge >= 0.3 is 5.97 Å². The lowest BCUT2D eigenvalue weighted by molar-refractivity contribution is -0.132. The number of ether oxygens (including phenoxy) is 1. The number of aromatic nitrogens is 1. The van der Waals surface area contributed by atoms with Crippen molar-refractivity contribution in [3.8, 4) is 0 Å². The number of benzene rings is 1. The zero-order valence-corrected chi connectivity index (χ0v) is 18.2. The van der Waals surface area contributed by atoms with E-state index in [1.165, 1.54) is 19.4 Å². The van der Waals surface area contributed by atoms with Crippen LogP contribution < -0.4 is 15.8 Å². The Bertz CT molecular complexity index is 1110. The number of hydrogen-bond donors (Lipinski definition) is 2. The highest BCUT2D eigenvalue weighted by molar-refractivity contribution is 6.02. The molecular formula is C24H27N3O5. The van der Waals surface area contributed by atoms with Crippen molar-refractivity contribution in [2.45, 2.75) is 45.1 Å². The topological polar surface area (TPSA) is 109 Å². The molecule has 1 fully saturated rings. The van der Waals surface area contributed by atoms with Gasteiger partial charge in [0.15, 0.2) is 0 Å². The van der Waals surface area contributed by atoms with Gasteiger partial charge in [0.2, 0.25) is 11.8 Å². The van der Waals surface area contributed by atoms with Crippen LogP contribution in [-0.4, -0.2) is 35.9 Å². The third-order valence-electron chi connectivity index (χ3n) is 6.44. The predicted octanol–water partition coefficient (Wildman–Crippen LogP) is 2.88. The molecule has 0 bridgehead atoms. The van der Waals surface area contributed by atoms with Gasteiger partial charge in [-0.3, -0.25) is 14.4 Å². The van der Waals surface area contributed by atoms with E-state index in [9.17, 15) is 19.2 Å². The van der Waals surface area contributed by atoms with Crippen LogP contribution in [0, 0.1) is 11.8 Å². The number of carbonyl (C=O) groups excluding carboxylic acids is 3. The van der Waals surface area contributed by atoms with Crippen molar-refractivity contribution >= 4 is 29.2 Å². The molecule has 0 saturated heterocycles. The summed E-state index contributed by atoms with van der Waals surface area (Å²) in [5, 5.41) is 2.78. The fourth-order valence-electron chi connectivity index (χ4n) is 4.87. The first kappa shape index (κ1) is 21.8. The molecule has 2 aromatic rings. The van der Waals surface area contributed by atoms with Gasteiger partial charge in [-0.25, -0.2) is 4.79 Å². The van der Waals surface area contributed by atoms with E-state index in [-0.39, 0.29) is 29.1 Å². The van der Waals surface area contributed by atoms with Gasteiger partial charge in [-0.15, -0.1) is 0 Å². The molecule has 0 spiro atoms. The van der Waals surface area contributed by atoms with Crippen LogP contribution >= 0.6 is 0 Å². The first-order valence-corrected chi connectivity index (χ1v) is 10.9. The van der Waals surface area contributed by atoms with Crippen LogP contribution in [0.1, 0.15) is 48.5 Å². The molecule has 2 heterocycles. The number of para-hydroxylation sites is 1. The van der Waals surface area contributed by atoms with Crippen LogP contribution in [0.3, 0.4) is 0 Å². The number of pyridine rings is 1. The van der Waals surface area contributed by atoms with Gasteiger partial charge in [0.1, 0.15) is 5.56 Å². The second-order valence-electron chi connectivity index (χ2n) is 8.50. The second-order valence-corrected chi connectivity index (χ2v) is 8.50. The van der Waals surface area contributed by atoms with E-state index in [1.807, 2.05) is 36.1 Å².